The minimum atomic E-state index is -0.369. The van der Waals surface area contributed by atoms with Gasteiger partial charge in [-0.2, -0.15) is 0 Å². The van der Waals surface area contributed by atoms with E-state index in [0.29, 0.717) is 17.1 Å². The van der Waals surface area contributed by atoms with E-state index < -0.39 is 0 Å². The third-order valence-electron chi connectivity index (χ3n) is 4.40. The average Bonchev–Trinajstić information content (AvgIpc) is 2.97. The second-order valence-electron chi connectivity index (χ2n) is 6.65. The molecule has 3 aromatic rings. The predicted molar refractivity (Wildman–Crippen MR) is 106 cm³/mol. The van der Waals surface area contributed by atoms with Crippen LogP contribution >= 0.6 is 0 Å². The van der Waals surface area contributed by atoms with Gasteiger partial charge in [0.1, 0.15) is 11.5 Å². The van der Waals surface area contributed by atoms with E-state index >= 15 is 0 Å². The summed E-state index contributed by atoms with van der Waals surface area (Å²) < 4.78 is 11.1. The average molecular weight is 370 g/mol. The minimum Gasteiger partial charge on any atom is -0.452 e. The monoisotopic (exact) mass is 370 g/mol. The van der Waals surface area contributed by atoms with E-state index in [9.17, 15) is 9.59 Å². The standard InChI is InChI=1S/C24H18O4/c1-16-6-5-9-18(12-16)13-22-24(26)20-11-10-19(15-21(20)28-22)27-23(25)14-17-7-3-2-4-8-17/h2-13,15H,14H2,1H3/b22-13-. The molecular formula is C24H18O4. The van der Waals surface area contributed by atoms with Crippen LogP contribution in [0.25, 0.3) is 6.08 Å². The van der Waals surface area contributed by atoms with E-state index in [0.717, 1.165) is 16.7 Å². The van der Waals surface area contributed by atoms with Gasteiger partial charge in [-0.05, 0) is 36.3 Å². The van der Waals surface area contributed by atoms with Gasteiger partial charge >= 0.3 is 5.97 Å². The number of benzene rings is 3. The number of rotatable bonds is 4. The molecule has 0 saturated carbocycles. The molecule has 0 aliphatic carbocycles. The second-order valence-corrected chi connectivity index (χ2v) is 6.65. The molecule has 138 valence electrons. The maximum Gasteiger partial charge on any atom is 0.315 e. The molecule has 1 heterocycles. The highest BCUT2D eigenvalue weighted by atomic mass is 16.5. The first-order valence-electron chi connectivity index (χ1n) is 8.98. The fourth-order valence-electron chi connectivity index (χ4n) is 3.07. The van der Waals surface area contributed by atoms with Crippen molar-refractivity contribution in [2.75, 3.05) is 0 Å². The van der Waals surface area contributed by atoms with E-state index in [1.54, 1.807) is 24.3 Å². The highest BCUT2D eigenvalue weighted by molar-refractivity contribution is 6.14. The van der Waals surface area contributed by atoms with Crippen molar-refractivity contribution in [3.8, 4) is 11.5 Å². The highest BCUT2D eigenvalue weighted by Crippen LogP contribution is 2.35. The Morgan fingerprint density at radius 1 is 1.00 bits per heavy atom. The van der Waals surface area contributed by atoms with Gasteiger partial charge in [0.05, 0.1) is 12.0 Å². The van der Waals surface area contributed by atoms with Crippen LogP contribution in [0.1, 0.15) is 27.0 Å². The molecule has 4 rings (SSSR count). The van der Waals surface area contributed by atoms with Crippen LogP contribution in [0.3, 0.4) is 0 Å². The van der Waals surface area contributed by atoms with Gasteiger partial charge in [-0.15, -0.1) is 0 Å². The molecule has 4 nitrogen and oxygen atoms in total. The van der Waals surface area contributed by atoms with Crippen LogP contribution in [0.4, 0.5) is 0 Å². The molecule has 0 radical (unpaired) electrons. The SMILES string of the molecule is Cc1cccc(/C=C2\Oc3cc(OC(=O)Cc4ccccc4)ccc3C2=O)c1. The molecule has 0 aromatic heterocycles. The maximum atomic E-state index is 12.6. The number of allylic oxidation sites excluding steroid dienone is 1. The zero-order chi connectivity index (χ0) is 19.5. The van der Waals surface area contributed by atoms with Gasteiger partial charge in [0.2, 0.25) is 5.78 Å². The number of carbonyl (C=O) groups is 2. The number of ether oxygens (including phenoxy) is 2. The first kappa shape index (κ1) is 17.7. The predicted octanol–water partition coefficient (Wildman–Crippen LogP) is 4.76. The van der Waals surface area contributed by atoms with Crippen LogP contribution in [0.2, 0.25) is 0 Å². The Bertz CT molecular complexity index is 1080. The molecule has 0 fully saturated rings. The number of ketones is 1. The van der Waals surface area contributed by atoms with E-state index in [1.165, 1.54) is 0 Å². The number of aryl methyl sites for hydroxylation is 1. The van der Waals surface area contributed by atoms with Crippen LogP contribution in [0.15, 0.2) is 78.6 Å². The largest absolute Gasteiger partial charge is 0.452 e. The first-order chi connectivity index (χ1) is 13.6. The van der Waals surface area contributed by atoms with Gasteiger partial charge in [0, 0.05) is 6.07 Å². The first-order valence-corrected chi connectivity index (χ1v) is 8.98. The van der Waals surface area contributed by atoms with Crippen molar-refractivity contribution < 1.29 is 19.1 Å². The third-order valence-corrected chi connectivity index (χ3v) is 4.40. The van der Waals surface area contributed by atoms with E-state index in [-0.39, 0.29) is 23.9 Å². The van der Waals surface area contributed by atoms with Crippen LogP contribution in [0.5, 0.6) is 11.5 Å². The van der Waals surface area contributed by atoms with Gasteiger partial charge in [0.15, 0.2) is 5.76 Å². The summed E-state index contributed by atoms with van der Waals surface area (Å²) in [4.78, 5) is 24.7. The summed E-state index contributed by atoms with van der Waals surface area (Å²) in [7, 11) is 0. The molecule has 0 spiro atoms. The molecule has 3 aromatic carbocycles. The summed E-state index contributed by atoms with van der Waals surface area (Å²) in [5, 5.41) is 0. The number of esters is 1. The summed E-state index contributed by atoms with van der Waals surface area (Å²) in [6, 6.07) is 22.0. The Balaban J connectivity index is 1.50. The third kappa shape index (κ3) is 3.86. The Hall–Kier alpha value is -3.66. The summed E-state index contributed by atoms with van der Waals surface area (Å²) in [6.45, 7) is 1.99. The van der Waals surface area contributed by atoms with Gasteiger partial charge in [-0.25, -0.2) is 0 Å². The Labute approximate surface area is 163 Å². The van der Waals surface area contributed by atoms with E-state index in [4.69, 9.17) is 9.47 Å². The quantitative estimate of drug-likeness (QED) is 0.377. The highest BCUT2D eigenvalue weighted by Gasteiger charge is 2.28. The van der Waals surface area contributed by atoms with Crippen molar-refractivity contribution in [3.63, 3.8) is 0 Å². The van der Waals surface area contributed by atoms with Gasteiger partial charge < -0.3 is 9.47 Å². The van der Waals surface area contributed by atoms with Crippen molar-refractivity contribution >= 4 is 17.8 Å². The molecular weight excluding hydrogens is 352 g/mol. The summed E-state index contributed by atoms with van der Waals surface area (Å²) >= 11 is 0. The molecule has 0 atom stereocenters. The zero-order valence-electron chi connectivity index (χ0n) is 15.3. The fraction of sp³-hybridized carbons (Fsp3) is 0.0833. The summed E-state index contributed by atoms with van der Waals surface area (Å²) in [6.07, 6.45) is 1.90. The zero-order valence-corrected chi connectivity index (χ0v) is 15.3. The van der Waals surface area contributed by atoms with Crippen LogP contribution in [-0.2, 0) is 11.2 Å². The maximum absolute atomic E-state index is 12.6. The van der Waals surface area contributed by atoms with Crippen molar-refractivity contribution in [1.82, 2.24) is 0 Å². The molecule has 0 saturated heterocycles. The number of Topliss-reactive ketones (excluding diaryl/α,β-unsaturated/α-hetero) is 1. The molecule has 4 heteroatoms. The minimum absolute atomic E-state index is 0.177. The lowest BCUT2D eigenvalue weighted by Gasteiger charge is -2.06. The molecule has 28 heavy (non-hydrogen) atoms. The Morgan fingerprint density at radius 3 is 2.61 bits per heavy atom. The Morgan fingerprint density at radius 2 is 1.82 bits per heavy atom. The number of hydrogen-bond acceptors (Lipinski definition) is 4. The van der Waals surface area contributed by atoms with Crippen LogP contribution < -0.4 is 9.47 Å². The molecule has 1 aliphatic heterocycles. The molecule has 0 bridgehead atoms. The van der Waals surface area contributed by atoms with E-state index in [1.807, 2.05) is 61.5 Å². The molecule has 0 unspecified atom stereocenters. The van der Waals surface area contributed by atoms with E-state index in [2.05, 4.69) is 0 Å². The van der Waals surface area contributed by atoms with Crippen LogP contribution in [-0.4, -0.2) is 11.8 Å². The number of hydrogen-bond donors (Lipinski definition) is 0. The lowest BCUT2D eigenvalue weighted by Crippen LogP contribution is -2.11. The number of fused-ring (bicyclic) bond motifs is 1. The molecule has 0 N–H and O–H groups in total. The van der Waals surface area contributed by atoms with Gasteiger partial charge in [-0.1, -0.05) is 60.2 Å². The summed E-state index contributed by atoms with van der Waals surface area (Å²) in [5.41, 5.74) is 3.33. The molecule has 0 amide bonds. The second kappa shape index (κ2) is 7.53. The lowest BCUT2D eigenvalue weighted by molar-refractivity contribution is -0.133. The lowest BCUT2D eigenvalue weighted by atomic mass is 10.1. The topological polar surface area (TPSA) is 52.6 Å². The van der Waals surface area contributed by atoms with Crippen molar-refractivity contribution in [3.05, 3.63) is 101 Å². The van der Waals surface area contributed by atoms with Crippen molar-refractivity contribution in [1.29, 1.82) is 0 Å². The normalized spacial score (nSPS) is 13.9. The van der Waals surface area contributed by atoms with Crippen molar-refractivity contribution in [2.45, 2.75) is 13.3 Å². The van der Waals surface area contributed by atoms with Gasteiger partial charge in [-0.3, -0.25) is 9.59 Å². The summed E-state index contributed by atoms with van der Waals surface area (Å²) in [5.74, 6) is 0.455. The van der Waals surface area contributed by atoms with Gasteiger partial charge in [0.25, 0.3) is 0 Å². The van der Waals surface area contributed by atoms with Crippen molar-refractivity contribution in [2.24, 2.45) is 0 Å². The fourth-order valence-corrected chi connectivity index (χ4v) is 3.07. The van der Waals surface area contributed by atoms with Crippen LogP contribution in [0, 0.1) is 6.92 Å². The number of carbonyl (C=O) groups excluding carboxylic acids is 2. The smallest absolute Gasteiger partial charge is 0.315 e. The Kier molecular flexibility index (Phi) is 4.77. The molecule has 1 aliphatic rings.